The summed E-state index contributed by atoms with van der Waals surface area (Å²) in [5.41, 5.74) is 7.50. The lowest BCUT2D eigenvalue weighted by atomic mass is 9.98. The van der Waals surface area contributed by atoms with Gasteiger partial charge in [-0.2, -0.15) is 0 Å². The van der Waals surface area contributed by atoms with E-state index in [2.05, 4.69) is 10.3 Å². The van der Waals surface area contributed by atoms with Gasteiger partial charge in [-0.05, 0) is 43.3 Å². The van der Waals surface area contributed by atoms with Crippen molar-refractivity contribution in [1.29, 1.82) is 0 Å². The molecule has 0 bridgehead atoms. The predicted octanol–water partition coefficient (Wildman–Crippen LogP) is 2.45. The molecule has 3 N–H and O–H groups in total. The standard InChI is InChI=1S/C14H15F2N3/c1-18-14(6-9-8-19-5-4-13(9)17)11-7-10(15)2-3-12(11)16/h2-5,7-8,14,18H,6H2,1H3,(H2,17,19). The minimum atomic E-state index is -0.462. The van der Waals surface area contributed by atoms with Crippen molar-refractivity contribution in [2.45, 2.75) is 12.5 Å². The second-order valence-electron chi connectivity index (χ2n) is 4.29. The molecule has 1 atom stereocenters. The van der Waals surface area contributed by atoms with Crippen molar-refractivity contribution < 1.29 is 8.78 Å². The summed E-state index contributed by atoms with van der Waals surface area (Å²) in [6.07, 6.45) is 3.67. The number of likely N-dealkylation sites (N-methyl/N-ethyl adjacent to an activating group) is 1. The van der Waals surface area contributed by atoms with E-state index in [0.717, 1.165) is 17.7 Å². The van der Waals surface area contributed by atoms with Crippen molar-refractivity contribution >= 4 is 5.69 Å². The number of nitrogens with zero attached hydrogens (tertiary/aromatic N) is 1. The summed E-state index contributed by atoms with van der Waals surface area (Å²) in [6, 6.07) is 4.75. The van der Waals surface area contributed by atoms with E-state index in [9.17, 15) is 8.78 Å². The van der Waals surface area contributed by atoms with Crippen molar-refractivity contribution in [3.8, 4) is 0 Å². The molecule has 100 valence electrons. The summed E-state index contributed by atoms with van der Waals surface area (Å²) < 4.78 is 27.0. The number of aromatic nitrogens is 1. The normalized spacial score (nSPS) is 12.4. The van der Waals surface area contributed by atoms with Crippen LogP contribution in [0.5, 0.6) is 0 Å². The van der Waals surface area contributed by atoms with E-state index < -0.39 is 11.6 Å². The first-order chi connectivity index (χ1) is 9.11. The lowest BCUT2D eigenvalue weighted by molar-refractivity contribution is 0.523. The zero-order valence-electron chi connectivity index (χ0n) is 10.5. The Bertz CT molecular complexity index is 572. The van der Waals surface area contributed by atoms with Crippen LogP contribution >= 0.6 is 0 Å². The molecule has 0 fully saturated rings. The molecule has 1 aromatic heterocycles. The van der Waals surface area contributed by atoms with Gasteiger partial charge in [0.05, 0.1) is 0 Å². The highest BCUT2D eigenvalue weighted by Gasteiger charge is 2.16. The Morgan fingerprint density at radius 1 is 1.32 bits per heavy atom. The van der Waals surface area contributed by atoms with Gasteiger partial charge in [0.15, 0.2) is 0 Å². The van der Waals surface area contributed by atoms with Crippen molar-refractivity contribution in [3.05, 3.63) is 59.4 Å². The summed E-state index contributed by atoms with van der Waals surface area (Å²) in [5, 5.41) is 2.97. The summed E-state index contributed by atoms with van der Waals surface area (Å²) >= 11 is 0. The molecule has 0 saturated carbocycles. The average Bonchev–Trinajstić information content (AvgIpc) is 2.41. The Hall–Kier alpha value is -2.01. The minimum absolute atomic E-state index is 0.283. The fourth-order valence-corrected chi connectivity index (χ4v) is 1.98. The molecule has 1 heterocycles. The zero-order valence-corrected chi connectivity index (χ0v) is 10.5. The Kier molecular flexibility index (Phi) is 4.06. The van der Waals surface area contributed by atoms with Gasteiger partial charge in [-0.15, -0.1) is 0 Å². The molecule has 1 aromatic carbocycles. The number of pyridine rings is 1. The van der Waals surface area contributed by atoms with Crippen LogP contribution in [-0.2, 0) is 6.42 Å². The summed E-state index contributed by atoms with van der Waals surface area (Å²) in [5.74, 6) is -0.904. The number of hydrogen-bond donors (Lipinski definition) is 2. The van der Waals surface area contributed by atoms with Crippen LogP contribution in [0.25, 0.3) is 0 Å². The summed E-state index contributed by atoms with van der Waals surface area (Å²) in [7, 11) is 1.70. The van der Waals surface area contributed by atoms with E-state index in [1.54, 1.807) is 25.5 Å². The van der Waals surface area contributed by atoms with Gasteiger partial charge < -0.3 is 11.1 Å². The van der Waals surface area contributed by atoms with Gasteiger partial charge in [0.1, 0.15) is 11.6 Å². The second kappa shape index (κ2) is 5.75. The molecule has 0 aliphatic rings. The largest absolute Gasteiger partial charge is 0.398 e. The molecule has 0 spiro atoms. The molecular formula is C14H15F2N3. The number of nitrogens with two attached hydrogens (primary N) is 1. The number of anilines is 1. The fraction of sp³-hybridized carbons (Fsp3) is 0.214. The Labute approximate surface area is 110 Å². The molecule has 2 rings (SSSR count). The third-order valence-electron chi connectivity index (χ3n) is 3.05. The highest BCUT2D eigenvalue weighted by atomic mass is 19.1. The van der Waals surface area contributed by atoms with Gasteiger partial charge in [-0.3, -0.25) is 4.98 Å². The van der Waals surface area contributed by atoms with Gasteiger partial charge in [-0.1, -0.05) is 0 Å². The van der Waals surface area contributed by atoms with Crippen LogP contribution in [0.2, 0.25) is 0 Å². The molecule has 0 radical (unpaired) electrons. The fourth-order valence-electron chi connectivity index (χ4n) is 1.98. The van der Waals surface area contributed by atoms with E-state index in [1.165, 1.54) is 6.07 Å². The van der Waals surface area contributed by atoms with Gasteiger partial charge in [-0.25, -0.2) is 8.78 Å². The Morgan fingerprint density at radius 3 is 2.79 bits per heavy atom. The van der Waals surface area contributed by atoms with Crippen LogP contribution in [0.3, 0.4) is 0 Å². The van der Waals surface area contributed by atoms with E-state index in [-0.39, 0.29) is 11.6 Å². The van der Waals surface area contributed by atoms with Crippen molar-refractivity contribution in [3.63, 3.8) is 0 Å². The Morgan fingerprint density at radius 2 is 2.11 bits per heavy atom. The first-order valence-electron chi connectivity index (χ1n) is 5.92. The molecule has 0 amide bonds. The lowest BCUT2D eigenvalue weighted by Crippen LogP contribution is -2.21. The number of hydrogen-bond acceptors (Lipinski definition) is 3. The maximum absolute atomic E-state index is 13.8. The molecule has 1 unspecified atom stereocenters. The first-order valence-corrected chi connectivity index (χ1v) is 5.92. The first kappa shape index (κ1) is 13.4. The van der Waals surface area contributed by atoms with Gasteiger partial charge in [0, 0.05) is 29.7 Å². The average molecular weight is 263 g/mol. The number of benzene rings is 1. The number of halogens is 2. The van der Waals surface area contributed by atoms with Crippen molar-refractivity contribution in [1.82, 2.24) is 10.3 Å². The molecule has 2 aromatic rings. The number of nitrogen functional groups attached to an aromatic ring is 1. The topological polar surface area (TPSA) is 50.9 Å². The number of rotatable bonds is 4. The van der Waals surface area contributed by atoms with Gasteiger partial charge in [0.2, 0.25) is 0 Å². The monoisotopic (exact) mass is 263 g/mol. The third kappa shape index (κ3) is 3.06. The highest BCUT2D eigenvalue weighted by molar-refractivity contribution is 5.45. The van der Waals surface area contributed by atoms with Crippen molar-refractivity contribution in [2.24, 2.45) is 0 Å². The quantitative estimate of drug-likeness (QED) is 0.890. The molecule has 0 aliphatic carbocycles. The second-order valence-corrected chi connectivity index (χ2v) is 4.29. The lowest BCUT2D eigenvalue weighted by Gasteiger charge is -2.18. The molecule has 5 heteroatoms. The van der Waals surface area contributed by atoms with E-state index in [0.29, 0.717) is 12.1 Å². The van der Waals surface area contributed by atoms with Crippen molar-refractivity contribution in [2.75, 3.05) is 12.8 Å². The van der Waals surface area contributed by atoms with Crippen LogP contribution in [0, 0.1) is 11.6 Å². The highest BCUT2D eigenvalue weighted by Crippen LogP contribution is 2.23. The third-order valence-corrected chi connectivity index (χ3v) is 3.05. The maximum atomic E-state index is 13.8. The van der Waals surface area contributed by atoms with Crippen LogP contribution in [0.4, 0.5) is 14.5 Å². The number of nitrogens with one attached hydrogen (secondary N) is 1. The Balaban J connectivity index is 2.30. The van der Waals surface area contributed by atoms with E-state index in [1.807, 2.05) is 0 Å². The van der Waals surface area contributed by atoms with Crippen LogP contribution in [0.15, 0.2) is 36.7 Å². The molecule has 19 heavy (non-hydrogen) atoms. The minimum Gasteiger partial charge on any atom is -0.398 e. The molecule has 0 aliphatic heterocycles. The molecular weight excluding hydrogens is 248 g/mol. The van der Waals surface area contributed by atoms with Crippen LogP contribution < -0.4 is 11.1 Å². The maximum Gasteiger partial charge on any atom is 0.128 e. The van der Waals surface area contributed by atoms with Crippen LogP contribution in [-0.4, -0.2) is 12.0 Å². The van der Waals surface area contributed by atoms with E-state index in [4.69, 9.17) is 5.73 Å². The summed E-state index contributed by atoms with van der Waals surface area (Å²) in [4.78, 5) is 3.99. The molecule has 0 saturated heterocycles. The predicted molar refractivity (Wildman–Crippen MR) is 70.5 cm³/mol. The SMILES string of the molecule is CNC(Cc1cnccc1N)c1cc(F)ccc1F. The van der Waals surface area contributed by atoms with E-state index >= 15 is 0 Å². The van der Waals surface area contributed by atoms with Gasteiger partial charge >= 0.3 is 0 Å². The smallest absolute Gasteiger partial charge is 0.128 e. The summed E-state index contributed by atoms with van der Waals surface area (Å²) in [6.45, 7) is 0. The van der Waals surface area contributed by atoms with Crippen LogP contribution in [0.1, 0.15) is 17.2 Å². The zero-order chi connectivity index (χ0) is 13.8. The van der Waals surface area contributed by atoms with Gasteiger partial charge in [0.25, 0.3) is 0 Å². The molecule has 3 nitrogen and oxygen atoms in total.